The van der Waals surface area contributed by atoms with Crippen LogP contribution in [0, 0.1) is 0 Å². The van der Waals surface area contributed by atoms with Crippen molar-refractivity contribution >= 4 is 17.7 Å². The second kappa shape index (κ2) is 6.09. The quantitative estimate of drug-likeness (QED) is 0.767. The average Bonchev–Trinajstić information content (AvgIpc) is 3.33. The Kier molecular flexibility index (Phi) is 3.57. The molecule has 0 saturated carbocycles. The summed E-state index contributed by atoms with van der Waals surface area (Å²) in [7, 11) is 0. The third-order valence-electron chi connectivity index (χ3n) is 4.92. The maximum absolute atomic E-state index is 12.7. The smallest absolute Gasteiger partial charge is 0.250 e. The van der Waals surface area contributed by atoms with Crippen molar-refractivity contribution in [2.75, 3.05) is 20.1 Å². The van der Waals surface area contributed by atoms with E-state index in [2.05, 4.69) is 6.58 Å². The number of carbonyl (C=O) groups is 1. The van der Waals surface area contributed by atoms with Crippen LogP contribution in [0.1, 0.15) is 16.7 Å². The molecule has 3 aliphatic rings. The summed E-state index contributed by atoms with van der Waals surface area (Å²) >= 11 is 0. The zero-order valence-electron chi connectivity index (χ0n) is 14.6. The molecule has 0 bridgehead atoms. The molecule has 0 unspecified atom stereocenters. The lowest BCUT2D eigenvalue weighted by Gasteiger charge is -2.30. The third-order valence-corrected chi connectivity index (χ3v) is 4.92. The SMILES string of the molecule is C=C1c2cc3c(cc2CCN1C(=O)/C=C/c1ccc2c(c1)OCO2)OCO3. The number of carbonyl (C=O) groups excluding carboxylic acids is 1. The molecule has 2 aromatic rings. The molecular weight excluding hydrogens is 346 g/mol. The molecule has 2 aromatic carbocycles. The molecule has 6 heteroatoms. The highest BCUT2D eigenvalue weighted by Crippen LogP contribution is 2.39. The third kappa shape index (κ3) is 2.70. The largest absolute Gasteiger partial charge is 0.454 e. The summed E-state index contributed by atoms with van der Waals surface area (Å²) in [5.74, 6) is 2.75. The van der Waals surface area contributed by atoms with E-state index in [1.807, 2.05) is 30.3 Å². The lowest BCUT2D eigenvalue weighted by atomic mass is 9.96. The minimum absolute atomic E-state index is 0.110. The second-order valence-electron chi connectivity index (χ2n) is 6.50. The van der Waals surface area contributed by atoms with Crippen LogP contribution in [0.5, 0.6) is 23.0 Å². The molecule has 0 aromatic heterocycles. The van der Waals surface area contributed by atoms with Gasteiger partial charge in [0.1, 0.15) is 0 Å². The Morgan fingerprint density at radius 1 is 0.963 bits per heavy atom. The van der Waals surface area contributed by atoms with Crippen LogP contribution < -0.4 is 18.9 Å². The first-order valence-electron chi connectivity index (χ1n) is 8.70. The molecule has 27 heavy (non-hydrogen) atoms. The van der Waals surface area contributed by atoms with Gasteiger partial charge in [0.25, 0.3) is 5.91 Å². The minimum Gasteiger partial charge on any atom is -0.454 e. The summed E-state index contributed by atoms with van der Waals surface area (Å²) in [6.45, 7) is 5.16. The van der Waals surface area contributed by atoms with Gasteiger partial charge in [-0.3, -0.25) is 4.79 Å². The van der Waals surface area contributed by atoms with E-state index in [9.17, 15) is 4.79 Å². The van der Waals surface area contributed by atoms with Crippen LogP contribution in [0.4, 0.5) is 0 Å². The number of nitrogens with zero attached hydrogens (tertiary/aromatic N) is 1. The maximum Gasteiger partial charge on any atom is 0.250 e. The fraction of sp³-hybridized carbons (Fsp3) is 0.190. The van der Waals surface area contributed by atoms with Crippen molar-refractivity contribution in [1.29, 1.82) is 0 Å². The number of ether oxygens (including phenoxy) is 4. The lowest BCUT2D eigenvalue weighted by molar-refractivity contribution is -0.123. The van der Waals surface area contributed by atoms with E-state index in [0.717, 1.165) is 34.6 Å². The zero-order valence-corrected chi connectivity index (χ0v) is 14.6. The van der Waals surface area contributed by atoms with Crippen LogP contribution in [0.15, 0.2) is 43.0 Å². The minimum atomic E-state index is -0.110. The van der Waals surface area contributed by atoms with Gasteiger partial charge in [-0.05, 0) is 47.9 Å². The Morgan fingerprint density at radius 2 is 1.67 bits per heavy atom. The summed E-state index contributed by atoms with van der Waals surface area (Å²) in [5, 5.41) is 0. The molecule has 0 atom stereocenters. The van der Waals surface area contributed by atoms with Crippen molar-refractivity contribution in [3.8, 4) is 23.0 Å². The predicted octanol–water partition coefficient (Wildman–Crippen LogP) is 3.21. The fourth-order valence-corrected chi connectivity index (χ4v) is 3.49. The van der Waals surface area contributed by atoms with Gasteiger partial charge in [-0.15, -0.1) is 0 Å². The molecule has 3 aliphatic heterocycles. The van der Waals surface area contributed by atoms with E-state index in [0.29, 0.717) is 23.7 Å². The number of hydrogen-bond donors (Lipinski definition) is 0. The Labute approximate surface area is 156 Å². The first kappa shape index (κ1) is 15.8. The molecule has 136 valence electrons. The van der Waals surface area contributed by atoms with Gasteiger partial charge in [0, 0.05) is 23.9 Å². The van der Waals surface area contributed by atoms with Crippen LogP contribution >= 0.6 is 0 Å². The molecule has 0 aliphatic carbocycles. The summed E-state index contributed by atoms with van der Waals surface area (Å²) in [4.78, 5) is 14.4. The van der Waals surface area contributed by atoms with E-state index in [1.165, 1.54) is 0 Å². The Balaban J connectivity index is 1.36. The molecule has 0 spiro atoms. The summed E-state index contributed by atoms with van der Waals surface area (Å²) in [6.07, 6.45) is 4.07. The van der Waals surface area contributed by atoms with Crippen molar-refractivity contribution in [2.24, 2.45) is 0 Å². The molecular formula is C21H17NO5. The van der Waals surface area contributed by atoms with Crippen molar-refractivity contribution in [1.82, 2.24) is 4.90 Å². The number of rotatable bonds is 2. The summed E-state index contributed by atoms with van der Waals surface area (Å²) in [5.41, 5.74) is 3.59. The van der Waals surface area contributed by atoms with E-state index >= 15 is 0 Å². The molecule has 0 radical (unpaired) electrons. The number of fused-ring (bicyclic) bond motifs is 3. The van der Waals surface area contributed by atoms with Gasteiger partial charge in [0.05, 0.1) is 0 Å². The van der Waals surface area contributed by atoms with E-state index in [4.69, 9.17) is 18.9 Å². The monoisotopic (exact) mass is 363 g/mol. The number of amides is 1. The van der Waals surface area contributed by atoms with Crippen molar-refractivity contribution in [2.45, 2.75) is 6.42 Å². The van der Waals surface area contributed by atoms with Crippen LogP contribution in [0.2, 0.25) is 0 Å². The summed E-state index contributed by atoms with van der Waals surface area (Å²) < 4.78 is 21.5. The van der Waals surface area contributed by atoms with Crippen LogP contribution in [-0.4, -0.2) is 30.9 Å². The Hall–Kier alpha value is -3.41. The molecule has 6 nitrogen and oxygen atoms in total. The second-order valence-corrected chi connectivity index (χ2v) is 6.50. The molecule has 5 rings (SSSR count). The first-order chi connectivity index (χ1) is 13.2. The maximum atomic E-state index is 12.7. The molecule has 3 heterocycles. The first-order valence-corrected chi connectivity index (χ1v) is 8.70. The van der Waals surface area contributed by atoms with Gasteiger partial charge in [0.15, 0.2) is 23.0 Å². The predicted molar refractivity (Wildman–Crippen MR) is 98.6 cm³/mol. The van der Waals surface area contributed by atoms with Gasteiger partial charge in [-0.25, -0.2) is 0 Å². The van der Waals surface area contributed by atoms with Crippen LogP contribution in [0.3, 0.4) is 0 Å². The standard InChI is InChI=1S/C21H17NO5/c1-13-16-10-20-19(26-12-27-20)9-15(16)6-7-22(13)21(23)5-3-14-2-4-17-18(8-14)25-11-24-17/h2-5,8-10H,1,6-7,11-12H2/b5-3+. The topological polar surface area (TPSA) is 57.2 Å². The normalized spacial score (nSPS) is 16.7. The highest BCUT2D eigenvalue weighted by atomic mass is 16.7. The molecule has 1 amide bonds. The lowest BCUT2D eigenvalue weighted by Crippen LogP contribution is -2.33. The van der Waals surface area contributed by atoms with Gasteiger partial charge in [0.2, 0.25) is 13.6 Å². The summed E-state index contributed by atoms with van der Waals surface area (Å²) in [6, 6.07) is 9.46. The van der Waals surface area contributed by atoms with E-state index < -0.39 is 0 Å². The van der Waals surface area contributed by atoms with Crippen molar-refractivity contribution < 1.29 is 23.7 Å². The zero-order chi connectivity index (χ0) is 18.4. The van der Waals surface area contributed by atoms with Gasteiger partial charge in [-0.2, -0.15) is 0 Å². The molecule has 0 N–H and O–H groups in total. The Morgan fingerprint density at radius 3 is 2.48 bits per heavy atom. The fourth-order valence-electron chi connectivity index (χ4n) is 3.49. The van der Waals surface area contributed by atoms with Gasteiger partial charge >= 0.3 is 0 Å². The Bertz CT molecular complexity index is 994. The highest BCUT2D eigenvalue weighted by Gasteiger charge is 2.26. The van der Waals surface area contributed by atoms with Crippen LogP contribution in [-0.2, 0) is 11.2 Å². The van der Waals surface area contributed by atoms with E-state index in [-0.39, 0.29) is 19.5 Å². The molecule has 0 saturated heterocycles. The molecule has 0 fully saturated rings. The number of hydrogen-bond acceptors (Lipinski definition) is 5. The van der Waals surface area contributed by atoms with E-state index in [1.54, 1.807) is 17.1 Å². The number of benzene rings is 2. The van der Waals surface area contributed by atoms with Crippen LogP contribution in [0.25, 0.3) is 11.8 Å². The highest BCUT2D eigenvalue weighted by molar-refractivity contribution is 5.98. The van der Waals surface area contributed by atoms with Gasteiger partial charge < -0.3 is 23.8 Å². The van der Waals surface area contributed by atoms with Crippen molar-refractivity contribution in [3.63, 3.8) is 0 Å². The van der Waals surface area contributed by atoms with Crippen molar-refractivity contribution in [3.05, 3.63) is 59.7 Å². The van der Waals surface area contributed by atoms with Gasteiger partial charge in [-0.1, -0.05) is 12.6 Å². The average molecular weight is 363 g/mol.